The van der Waals surface area contributed by atoms with Crippen LogP contribution in [-0.2, 0) is 0 Å². The highest BCUT2D eigenvalue weighted by Gasteiger charge is 2.26. The Balaban J connectivity index is 1.37. The van der Waals surface area contributed by atoms with Gasteiger partial charge < -0.3 is 9.64 Å². The van der Waals surface area contributed by atoms with E-state index in [1.165, 1.54) is 23.5 Å². The number of thiazole rings is 1. The monoisotopic (exact) mass is 357 g/mol. The third-order valence-corrected chi connectivity index (χ3v) is 5.12. The summed E-state index contributed by atoms with van der Waals surface area (Å²) < 4.78 is 20.0. The minimum Gasteiger partial charge on any atom is -0.467 e. The summed E-state index contributed by atoms with van der Waals surface area (Å²) in [5, 5.41) is 0.551. The van der Waals surface area contributed by atoms with Crippen LogP contribution < -0.4 is 4.74 Å². The molecule has 1 saturated heterocycles. The molecule has 0 bridgehead atoms. The third kappa shape index (κ3) is 3.46. The Morgan fingerprint density at radius 1 is 1.24 bits per heavy atom. The van der Waals surface area contributed by atoms with Crippen LogP contribution in [0.5, 0.6) is 5.19 Å². The molecule has 0 aliphatic carbocycles. The summed E-state index contributed by atoms with van der Waals surface area (Å²) in [5.41, 5.74) is 1.21. The molecule has 0 spiro atoms. The highest BCUT2D eigenvalue weighted by Crippen LogP contribution is 2.30. The maximum absolute atomic E-state index is 13.3. The van der Waals surface area contributed by atoms with Crippen molar-refractivity contribution in [3.05, 3.63) is 54.1 Å². The number of aromatic nitrogens is 2. The summed E-state index contributed by atoms with van der Waals surface area (Å²) in [4.78, 5) is 22.7. The van der Waals surface area contributed by atoms with Crippen LogP contribution in [0.4, 0.5) is 4.39 Å². The van der Waals surface area contributed by atoms with Crippen molar-refractivity contribution >= 4 is 27.5 Å². The van der Waals surface area contributed by atoms with Crippen LogP contribution in [0.2, 0.25) is 0 Å². The normalized spacial score (nSPS) is 15.5. The van der Waals surface area contributed by atoms with Gasteiger partial charge in [-0.1, -0.05) is 17.4 Å². The molecule has 1 aliphatic rings. The number of fused-ring (bicyclic) bond motifs is 1. The molecule has 0 atom stereocenters. The van der Waals surface area contributed by atoms with Crippen LogP contribution in [0, 0.1) is 5.82 Å². The van der Waals surface area contributed by atoms with E-state index in [1.54, 1.807) is 29.3 Å². The van der Waals surface area contributed by atoms with Crippen molar-refractivity contribution in [3.63, 3.8) is 0 Å². The topological polar surface area (TPSA) is 55.3 Å². The number of nitrogens with zero attached hydrogens (tertiary/aromatic N) is 3. The van der Waals surface area contributed by atoms with Gasteiger partial charge in [-0.25, -0.2) is 9.37 Å². The van der Waals surface area contributed by atoms with Gasteiger partial charge in [-0.2, -0.15) is 0 Å². The van der Waals surface area contributed by atoms with Gasteiger partial charge in [-0.15, -0.1) is 0 Å². The van der Waals surface area contributed by atoms with Crippen LogP contribution in [0.1, 0.15) is 23.3 Å². The number of rotatable bonds is 3. The molecule has 128 valence electrons. The molecule has 3 heterocycles. The molecule has 0 N–H and O–H groups in total. The molecule has 1 aromatic carbocycles. The van der Waals surface area contributed by atoms with Gasteiger partial charge in [0.25, 0.3) is 11.1 Å². The highest BCUT2D eigenvalue weighted by atomic mass is 32.1. The van der Waals surface area contributed by atoms with Crippen LogP contribution in [0.3, 0.4) is 0 Å². The summed E-state index contributed by atoms with van der Waals surface area (Å²) in [6.45, 7) is 1.25. The van der Waals surface area contributed by atoms with Crippen molar-refractivity contribution in [3.8, 4) is 5.19 Å². The molecular weight excluding hydrogens is 341 g/mol. The lowest BCUT2D eigenvalue weighted by atomic mass is 10.1. The number of piperidine rings is 1. The van der Waals surface area contributed by atoms with Crippen molar-refractivity contribution < 1.29 is 13.9 Å². The highest BCUT2D eigenvalue weighted by molar-refractivity contribution is 7.20. The number of pyridine rings is 1. The Bertz CT molecular complexity index is 892. The summed E-state index contributed by atoms with van der Waals surface area (Å²) in [7, 11) is 0. The fourth-order valence-corrected chi connectivity index (χ4v) is 3.80. The van der Waals surface area contributed by atoms with Gasteiger partial charge in [0.1, 0.15) is 17.6 Å². The molecule has 2 aromatic heterocycles. The lowest BCUT2D eigenvalue weighted by Crippen LogP contribution is -2.42. The van der Waals surface area contributed by atoms with Crippen molar-refractivity contribution in [2.45, 2.75) is 18.9 Å². The fourth-order valence-electron chi connectivity index (χ4n) is 2.90. The second kappa shape index (κ2) is 6.76. The minimum absolute atomic E-state index is 0.0122. The van der Waals surface area contributed by atoms with Crippen LogP contribution in [-0.4, -0.2) is 40.0 Å². The van der Waals surface area contributed by atoms with Gasteiger partial charge in [0.2, 0.25) is 0 Å². The van der Waals surface area contributed by atoms with E-state index < -0.39 is 0 Å². The van der Waals surface area contributed by atoms with E-state index >= 15 is 0 Å². The minimum atomic E-state index is -0.274. The Morgan fingerprint density at radius 3 is 2.84 bits per heavy atom. The zero-order valence-electron chi connectivity index (χ0n) is 13.4. The average Bonchev–Trinajstić information content (AvgIpc) is 3.04. The van der Waals surface area contributed by atoms with Gasteiger partial charge >= 0.3 is 0 Å². The molecule has 1 aliphatic heterocycles. The Hall–Kier alpha value is -2.54. The number of likely N-dealkylation sites (tertiary alicyclic amines) is 1. The van der Waals surface area contributed by atoms with E-state index in [9.17, 15) is 9.18 Å². The number of benzene rings is 1. The van der Waals surface area contributed by atoms with Crippen molar-refractivity contribution in [1.82, 2.24) is 14.9 Å². The molecule has 7 heteroatoms. The number of halogens is 1. The van der Waals surface area contributed by atoms with Gasteiger partial charge in [0, 0.05) is 32.1 Å². The van der Waals surface area contributed by atoms with E-state index in [1.807, 2.05) is 6.07 Å². The summed E-state index contributed by atoms with van der Waals surface area (Å²) in [6.07, 6.45) is 3.11. The second-order valence-electron chi connectivity index (χ2n) is 5.92. The fraction of sp³-hybridized carbons (Fsp3) is 0.278. The second-order valence-corrected chi connectivity index (χ2v) is 6.91. The molecule has 1 fully saturated rings. The number of amides is 1. The van der Waals surface area contributed by atoms with Crippen molar-refractivity contribution in [2.24, 2.45) is 0 Å². The standard InChI is InChI=1S/C18H16FN3O2S/c19-12-4-5-14-16(11-12)25-18(21-14)24-13-6-9-22(10-7-13)17(23)15-3-1-2-8-20-15/h1-5,8,11,13H,6-7,9-10H2. The van der Waals surface area contributed by atoms with Crippen LogP contribution in [0.15, 0.2) is 42.6 Å². The first-order chi connectivity index (χ1) is 12.2. The average molecular weight is 357 g/mol. The number of carbonyl (C=O) groups is 1. The lowest BCUT2D eigenvalue weighted by molar-refractivity contribution is 0.0590. The number of ether oxygens (including phenoxy) is 1. The lowest BCUT2D eigenvalue weighted by Gasteiger charge is -2.31. The predicted octanol–water partition coefficient (Wildman–Crippen LogP) is 3.51. The van der Waals surface area contributed by atoms with Gasteiger partial charge in [0.05, 0.1) is 10.2 Å². The zero-order valence-corrected chi connectivity index (χ0v) is 14.2. The largest absolute Gasteiger partial charge is 0.467 e. The molecule has 3 aromatic rings. The Morgan fingerprint density at radius 2 is 2.08 bits per heavy atom. The zero-order chi connectivity index (χ0) is 17.2. The summed E-state index contributed by atoms with van der Waals surface area (Å²) in [6, 6.07) is 9.85. The van der Waals surface area contributed by atoms with Crippen molar-refractivity contribution in [1.29, 1.82) is 0 Å². The van der Waals surface area contributed by atoms with Crippen LogP contribution in [0.25, 0.3) is 10.2 Å². The van der Waals surface area contributed by atoms with E-state index in [4.69, 9.17) is 4.74 Å². The number of carbonyl (C=O) groups excluding carboxylic acids is 1. The van der Waals surface area contributed by atoms with E-state index in [0.717, 1.165) is 23.1 Å². The summed E-state index contributed by atoms with van der Waals surface area (Å²) >= 11 is 1.35. The predicted molar refractivity (Wildman–Crippen MR) is 93.4 cm³/mol. The van der Waals surface area contributed by atoms with E-state index in [-0.39, 0.29) is 17.8 Å². The van der Waals surface area contributed by atoms with Gasteiger partial charge in [-0.05, 0) is 30.3 Å². The molecule has 0 radical (unpaired) electrons. The number of hydrogen-bond donors (Lipinski definition) is 0. The molecule has 4 rings (SSSR count). The van der Waals surface area contributed by atoms with Gasteiger partial charge in [-0.3, -0.25) is 9.78 Å². The molecule has 1 amide bonds. The smallest absolute Gasteiger partial charge is 0.274 e. The van der Waals surface area contributed by atoms with Crippen LogP contribution >= 0.6 is 11.3 Å². The molecule has 0 saturated carbocycles. The van der Waals surface area contributed by atoms with E-state index in [2.05, 4.69) is 9.97 Å². The van der Waals surface area contributed by atoms with E-state index in [0.29, 0.717) is 24.0 Å². The first-order valence-electron chi connectivity index (χ1n) is 8.12. The maximum Gasteiger partial charge on any atom is 0.274 e. The summed E-state index contributed by atoms with van der Waals surface area (Å²) in [5.74, 6) is -0.321. The Labute approximate surface area is 148 Å². The Kier molecular flexibility index (Phi) is 4.31. The quantitative estimate of drug-likeness (QED) is 0.720. The first-order valence-corrected chi connectivity index (χ1v) is 8.94. The maximum atomic E-state index is 13.3. The number of hydrogen-bond acceptors (Lipinski definition) is 5. The SMILES string of the molecule is O=C(c1ccccn1)N1CCC(Oc2nc3ccc(F)cc3s2)CC1. The molecule has 0 unspecified atom stereocenters. The molecule has 5 nitrogen and oxygen atoms in total. The molecular formula is C18H16FN3O2S. The third-order valence-electron chi connectivity index (χ3n) is 4.21. The van der Waals surface area contributed by atoms with Gasteiger partial charge in [0.15, 0.2) is 0 Å². The van der Waals surface area contributed by atoms with Crippen molar-refractivity contribution in [2.75, 3.05) is 13.1 Å². The molecule has 25 heavy (non-hydrogen) atoms. The first kappa shape index (κ1) is 16.0.